The number of hydrogen-bond donors (Lipinski definition) is 0. The highest BCUT2D eigenvalue weighted by Gasteiger charge is 2.35. The minimum atomic E-state index is -3.49. The molecule has 4 nitrogen and oxygen atoms in total. The van der Waals surface area contributed by atoms with Crippen molar-refractivity contribution in [3.63, 3.8) is 0 Å². The van der Waals surface area contributed by atoms with Gasteiger partial charge < -0.3 is 4.74 Å². The van der Waals surface area contributed by atoms with Crippen LogP contribution in [0.1, 0.15) is 40.2 Å². The average molecular weight is 374 g/mol. The Kier molecular flexibility index (Phi) is 5.13. The molecule has 0 aliphatic carbocycles. The molecule has 0 radical (unpaired) electrons. The van der Waals surface area contributed by atoms with Crippen molar-refractivity contribution < 1.29 is 13.2 Å². The first-order chi connectivity index (χ1) is 12.3. The van der Waals surface area contributed by atoms with E-state index in [1.165, 1.54) is 0 Å². The summed E-state index contributed by atoms with van der Waals surface area (Å²) in [5.74, 6) is 1.04. The average Bonchev–Trinajstić information content (AvgIpc) is 3.11. The molecule has 2 aromatic rings. The summed E-state index contributed by atoms with van der Waals surface area (Å²) in [5, 5.41) is 0. The largest absolute Gasteiger partial charge is 0.497 e. The summed E-state index contributed by atoms with van der Waals surface area (Å²) in [5.41, 5.74) is 4.94. The minimum absolute atomic E-state index is 0.224. The van der Waals surface area contributed by atoms with Crippen molar-refractivity contribution in [2.24, 2.45) is 0 Å². The molecule has 1 unspecified atom stereocenters. The third kappa shape index (κ3) is 3.26. The number of aryl methyl sites for hydroxylation is 2. The summed E-state index contributed by atoms with van der Waals surface area (Å²) >= 11 is 0. The summed E-state index contributed by atoms with van der Waals surface area (Å²) in [6, 6.07) is 10.0. The Morgan fingerprint density at radius 2 is 1.58 bits per heavy atom. The lowest BCUT2D eigenvalue weighted by Crippen LogP contribution is -2.30. The van der Waals surface area contributed by atoms with Crippen LogP contribution < -0.4 is 4.74 Å². The SMILES string of the molecule is COc1ccc(C2CCN(S(=O)(=O)c3c(C)c(C)cc(C)c3C)C2)cc1. The Balaban J connectivity index is 1.90. The van der Waals surface area contributed by atoms with Crippen LogP contribution in [0.15, 0.2) is 35.2 Å². The molecule has 26 heavy (non-hydrogen) atoms. The fourth-order valence-electron chi connectivity index (χ4n) is 3.79. The maximum absolute atomic E-state index is 13.4. The molecule has 1 atom stereocenters. The van der Waals surface area contributed by atoms with Crippen molar-refractivity contribution >= 4 is 10.0 Å². The molecular weight excluding hydrogens is 346 g/mol. The molecule has 1 aliphatic heterocycles. The fourth-order valence-corrected chi connectivity index (χ4v) is 5.87. The van der Waals surface area contributed by atoms with Crippen LogP contribution in [0.3, 0.4) is 0 Å². The van der Waals surface area contributed by atoms with Gasteiger partial charge in [0.25, 0.3) is 0 Å². The summed E-state index contributed by atoms with van der Waals surface area (Å²) in [4.78, 5) is 0.491. The monoisotopic (exact) mass is 373 g/mol. The van der Waals surface area contributed by atoms with Crippen LogP contribution in [0.25, 0.3) is 0 Å². The molecule has 0 N–H and O–H groups in total. The van der Waals surface area contributed by atoms with Crippen molar-refractivity contribution in [2.45, 2.75) is 44.9 Å². The van der Waals surface area contributed by atoms with Crippen LogP contribution in [0.5, 0.6) is 5.75 Å². The lowest BCUT2D eigenvalue weighted by atomic mass is 9.99. The van der Waals surface area contributed by atoms with Gasteiger partial charge in [-0.25, -0.2) is 8.42 Å². The van der Waals surface area contributed by atoms with E-state index >= 15 is 0 Å². The number of nitrogens with zero attached hydrogens (tertiary/aromatic N) is 1. The van der Waals surface area contributed by atoms with Crippen LogP contribution in [-0.2, 0) is 10.0 Å². The van der Waals surface area contributed by atoms with Gasteiger partial charge in [0.1, 0.15) is 5.75 Å². The van der Waals surface area contributed by atoms with Gasteiger partial charge >= 0.3 is 0 Å². The zero-order valence-electron chi connectivity index (χ0n) is 16.2. The second-order valence-electron chi connectivity index (χ2n) is 7.21. The molecule has 1 aliphatic rings. The van der Waals surface area contributed by atoms with E-state index in [9.17, 15) is 8.42 Å². The maximum Gasteiger partial charge on any atom is 0.243 e. The van der Waals surface area contributed by atoms with E-state index in [1.54, 1.807) is 11.4 Å². The topological polar surface area (TPSA) is 46.6 Å². The van der Waals surface area contributed by atoms with Crippen molar-refractivity contribution in [1.82, 2.24) is 4.31 Å². The fraction of sp³-hybridized carbons (Fsp3) is 0.429. The van der Waals surface area contributed by atoms with E-state index < -0.39 is 10.0 Å². The van der Waals surface area contributed by atoms with E-state index in [2.05, 4.69) is 6.07 Å². The lowest BCUT2D eigenvalue weighted by Gasteiger charge is -2.22. The molecule has 3 rings (SSSR count). The highest BCUT2D eigenvalue weighted by atomic mass is 32.2. The number of methoxy groups -OCH3 is 1. The maximum atomic E-state index is 13.4. The second kappa shape index (κ2) is 7.05. The third-order valence-electron chi connectivity index (χ3n) is 5.63. The number of benzene rings is 2. The van der Waals surface area contributed by atoms with E-state index in [4.69, 9.17) is 4.74 Å². The smallest absolute Gasteiger partial charge is 0.243 e. The van der Waals surface area contributed by atoms with E-state index in [0.717, 1.165) is 40.0 Å². The van der Waals surface area contributed by atoms with E-state index in [-0.39, 0.29) is 5.92 Å². The van der Waals surface area contributed by atoms with Gasteiger partial charge in [0.15, 0.2) is 0 Å². The van der Waals surface area contributed by atoms with E-state index in [1.807, 2.05) is 52.0 Å². The summed E-state index contributed by atoms with van der Waals surface area (Å²) < 4.78 is 33.6. The molecule has 5 heteroatoms. The van der Waals surface area contributed by atoms with Crippen LogP contribution in [-0.4, -0.2) is 32.9 Å². The molecule has 0 bridgehead atoms. The van der Waals surface area contributed by atoms with Gasteiger partial charge in [-0.05, 0) is 80.0 Å². The Bertz CT molecular complexity index is 891. The minimum Gasteiger partial charge on any atom is -0.497 e. The first-order valence-electron chi connectivity index (χ1n) is 8.97. The van der Waals surface area contributed by atoms with E-state index in [0.29, 0.717) is 18.0 Å². The molecule has 1 fully saturated rings. The number of hydrogen-bond acceptors (Lipinski definition) is 3. The first kappa shape index (κ1) is 18.9. The molecule has 1 saturated heterocycles. The van der Waals surface area contributed by atoms with Gasteiger partial charge in [0, 0.05) is 13.1 Å². The number of sulfonamides is 1. The van der Waals surface area contributed by atoms with Crippen molar-refractivity contribution in [1.29, 1.82) is 0 Å². The Morgan fingerprint density at radius 3 is 2.12 bits per heavy atom. The molecular formula is C21H27NO3S. The standard InChI is InChI=1S/C21H27NO3S/c1-14-12-15(2)17(4)21(16(14)3)26(23,24)22-11-10-19(13-22)18-6-8-20(25-5)9-7-18/h6-9,12,19H,10-11,13H2,1-5H3. The van der Waals surface area contributed by atoms with Crippen molar-refractivity contribution in [3.05, 3.63) is 58.1 Å². The zero-order valence-corrected chi connectivity index (χ0v) is 17.0. The second-order valence-corrected chi connectivity index (χ2v) is 9.09. The summed E-state index contributed by atoms with van der Waals surface area (Å²) in [6.45, 7) is 8.86. The lowest BCUT2D eigenvalue weighted by molar-refractivity contribution is 0.414. The molecule has 1 heterocycles. The van der Waals surface area contributed by atoms with Crippen molar-refractivity contribution in [3.8, 4) is 5.75 Å². The van der Waals surface area contributed by atoms with Gasteiger partial charge in [0.2, 0.25) is 10.0 Å². The number of ether oxygens (including phenoxy) is 1. The van der Waals surface area contributed by atoms with Crippen LogP contribution in [0.4, 0.5) is 0 Å². The molecule has 0 aromatic heterocycles. The highest BCUT2D eigenvalue weighted by Crippen LogP contribution is 2.35. The quantitative estimate of drug-likeness (QED) is 0.810. The van der Waals surface area contributed by atoms with Gasteiger partial charge in [-0.2, -0.15) is 4.31 Å². The molecule has 0 amide bonds. The molecule has 0 spiro atoms. The Labute approximate surface area is 156 Å². The number of rotatable bonds is 4. The molecule has 2 aromatic carbocycles. The predicted molar refractivity (Wildman–Crippen MR) is 105 cm³/mol. The van der Waals surface area contributed by atoms with Crippen molar-refractivity contribution in [2.75, 3.05) is 20.2 Å². The Hall–Kier alpha value is -1.85. The van der Waals surface area contributed by atoms with Gasteiger partial charge in [-0.1, -0.05) is 18.2 Å². The first-order valence-corrected chi connectivity index (χ1v) is 10.4. The Morgan fingerprint density at radius 1 is 1.00 bits per heavy atom. The van der Waals surface area contributed by atoms with Gasteiger partial charge in [-0.15, -0.1) is 0 Å². The zero-order chi connectivity index (χ0) is 19.1. The normalized spacial score (nSPS) is 18.3. The third-order valence-corrected chi connectivity index (χ3v) is 7.77. The molecule has 0 saturated carbocycles. The molecule has 140 valence electrons. The van der Waals surface area contributed by atoms with Crippen LogP contribution in [0.2, 0.25) is 0 Å². The summed E-state index contributed by atoms with van der Waals surface area (Å²) in [6.07, 6.45) is 0.842. The van der Waals surface area contributed by atoms with Gasteiger partial charge in [0.05, 0.1) is 12.0 Å². The summed E-state index contributed by atoms with van der Waals surface area (Å²) in [7, 11) is -1.84. The highest BCUT2D eigenvalue weighted by molar-refractivity contribution is 7.89. The van der Waals surface area contributed by atoms with Crippen LogP contribution in [0, 0.1) is 27.7 Å². The van der Waals surface area contributed by atoms with Crippen LogP contribution >= 0.6 is 0 Å². The predicted octanol–water partition coefficient (Wildman–Crippen LogP) is 4.11. The van der Waals surface area contributed by atoms with Gasteiger partial charge in [-0.3, -0.25) is 0 Å².